The zero-order valence-electron chi connectivity index (χ0n) is 10.0. The van der Waals surface area contributed by atoms with E-state index in [1.54, 1.807) is 18.5 Å². The first-order chi connectivity index (χ1) is 8.79. The number of benzene rings is 1. The Morgan fingerprint density at radius 3 is 3.00 bits per heavy atom. The normalized spacial score (nSPS) is 11.2. The van der Waals surface area contributed by atoms with E-state index in [-0.39, 0.29) is 5.82 Å². The fourth-order valence-electron chi connectivity index (χ4n) is 2.15. The summed E-state index contributed by atoms with van der Waals surface area (Å²) in [5, 5.41) is 4.77. The lowest BCUT2D eigenvalue weighted by Gasteiger charge is -2.06. The molecule has 4 nitrogen and oxygen atoms in total. The SMILES string of the molecule is CCn1ncnc1Cn1ccc2c(F)cccc21. The third-order valence-electron chi connectivity index (χ3n) is 3.07. The van der Waals surface area contributed by atoms with Gasteiger partial charge in [-0.3, -0.25) is 0 Å². The molecule has 0 saturated carbocycles. The number of hydrogen-bond acceptors (Lipinski definition) is 2. The summed E-state index contributed by atoms with van der Waals surface area (Å²) in [6.45, 7) is 3.40. The predicted octanol–water partition coefficient (Wildman–Crippen LogP) is 2.44. The zero-order chi connectivity index (χ0) is 12.5. The maximum atomic E-state index is 13.6. The minimum absolute atomic E-state index is 0.191. The van der Waals surface area contributed by atoms with Crippen LogP contribution in [-0.2, 0) is 13.1 Å². The second-order valence-corrected chi connectivity index (χ2v) is 4.11. The van der Waals surface area contributed by atoms with Crippen molar-refractivity contribution in [3.8, 4) is 0 Å². The summed E-state index contributed by atoms with van der Waals surface area (Å²) in [4.78, 5) is 4.23. The van der Waals surface area contributed by atoms with Gasteiger partial charge < -0.3 is 4.57 Å². The quantitative estimate of drug-likeness (QED) is 0.709. The summed E-state index contributed by atoms with van der Waals surface area (Å²) in [7, 11) is 0. The summed E-state index contributed by atoms with van der Waals surface area (Å²) < 4.78 is 17.4. The van der Waals surface area contributed by atoms with Crippen LogP contribution < -0.4 is 0 Å². The van der Waals surface area contributed by atoms with Gasteiger partial charge in [0.15, 0.2) is 0 Å². The lowest BCUT2D eigenvalue weighted by Crippen LogP contribution is -2.08. The molecule has 3 rings (SSSR count). The van der Waals surface area contributed by atoms with Crippen LogP contribution in [0.15, 0.2) is 36.8 Å². The lowest BCUT2D eigenvalue weighted by molar-refractivity contribution is 0.597. The van der Waals surface area contributed by atoms with Crippen LogP contribution in [0, 0.1) is 5.82 Å². The maximum absolute atomic E-state index is 13.6. The van der Waals surface area contributed by atoms with E-state index in [9.17, 15) is 4.39 Å². The highest BCUT2D eigenvalue weighted by Gasteiger charge is 2.08. The standard InChI is InChI=1S/C13H13FN4/c1-2-18-13(15-9-16-18)8-17-7-6-10-11(14)4-3-5-12(10)17/h3-7,9H,2,8H2,1H3. The molecule has 0 radical (unpaired) electrons. The fraction of sp³-hybridized carbons (Fsp3) is 0.231. The summed E-state index contributed by atoms with van der Waals surface area (Å²) in [5.74, 6) is 0.683. The molecule has 0 saturated heterocycles. The van der Waals surface area contributed by atoms with E-state index >= 15 is 0 Å². The van der Waals surface area contributed by atoms with Gasteiger partial charge in [-0.05, 0) is 25.1 Å². The molecular formula is C13H13FN4. The molecule has 2 heterocycles. The Balaban J connectivity index is 2.03. The van der Waals surface area contributed by atoms with Crippen molar-refractivity contribution in [1.82, 2.24) is 19.3 Å². The second kappa shape index (κ2) is 4.25. The van der Waals surface area contributed by atoms with Gasteiger partial charge in [-0.1, -0.05) is 6.07 Å². The average Bonchev–Trinajstić information content (AvgIpc) is 2.98. The van der Waals surface area contributed by atoms with Crippen LogP contribution in [0.25, 0.3) is 10.9 Å². The summed E-state index contributed by atoms with van der Waals surface area (Å²) in [5.41, 5.74) is 0.876. The summed E-state index contributed by atoms with van der Waals surface area (Å²) in [6.07, 6.45) is 3.42. The molecule has 18 heavy (non-hydrogen) atoms. The lowest BCUT2D eigenvalue weighted by atomic mass is 10.2. The van der Waals surface area contributed by atoms with Crippen LogP contribution in [0.3, 0.4) is 0 Å². The molecule has 0 atom stereocenters. The van der Waals surface area contributed by atoms with Gasteiger partial charge in [-0.2, -0.15) is 5.10 Å². The first kappa shape index (κ1) is 11.0. The number of fused-ring (bicyclic) bond motifs is 1. The number of aromatic nitrogens is 4. The molecule has 0 aliphatic carbocycles. The van der Waals surface area contributed by atoms with Gasteiger partial charge in [-0.25, -0.2) is 14.1 Å². The molecule has 0 N–H and O–H groups in total. The third kappa shape index (κ3) is 1.68. The van der Waals surface area contributed by atoms with Crippen LogP contribution in [-0.4, -0.2) is 19.3 Å². The van der Waals surface area contributed by atoms with Crippen molar-refractivity contribution in [3.05, 3.63) is 48.4 Å². The summed E-state index contributed by atoms with van der Waals surface area (Å²) >= 11 is 0. The molecule has 0 aliphatic heterocycles. The molecule has 0 spiro atoms. The van der Waals surface area contributed by atoms with Crippen molar-refractivity contribution in [1.29, 1.82) is 0 Å². The molecule has 5 heteroatoms. The van der Waals surface area contributed by atoms with Crippen molar-refractivity contribution >= 4 is 10.9 Å². The first-order valence-electron chi connectivity index (χ1n) is 5.89. The van der Waals surface area contributed by atoms with Crippen molar-refractivity contribution in [2.24, 2.45) is 0 Å². The van der Waals surface area contributed by atoms with E-state index in [1.165, 1.54) is 6.07 Å². The minimum Gasteiger partial charge on any atom is -0.340 e. The van der Waals surface area contributed by atoms with Gasteiger partial charge in [0.2, 0.25) is 0 Å². The van der Waals surface area contributed by atoms with Gasteiger partial charge in [0.1, 0.15) is 18.0 Å². The monoisotopic (exact) mass is 244 g/mol. The molecule has 1 aromatic carbocycles. The predicted molar refractivity (Wildman–Crippen MR) is 66.7 cm³/mol. The van der Waals surface area contributed by atoms with Crippen molar-refractivity contribution < 1.29 is 4.39 Å². The average molecular weight is 244 g/mol. The maximum Gasteiger partial charge on any atom is 0.146 e. The van der Waals surface area contributed by atoms with Gasteiger partial charge in [0.25, 0.3) is 0 Å². The Morgan fingerprint density at radius 2 is 2.17 bits per heavy atom. The molecule has 0 bridgehead atoms. The molecular weight excluding hydrogens is 231 g/mol. The van der Waals surface area contributed by atoms with E-state index in [0.29, 0.717) is 11.9 Å². The Kier molecular flexibility index (Phi) is 2.59. The van der Waals surface area contributed by atoms with Crippen molar-refractivity contribution in [2.45, 2.75) is 20.0 Å². The highest BCUT2D eigenvalue weighted by atomic mass is 19.1. The number of halogens is 1. The number of rotatable bonds is 3. The number of aryl methyl sites for hydroxylation is 1. The number of hydrogen-bond donors (Lipinski definition) is 0. The van der Waals surface area contributed by atoms with E-state index < -0.39 is 0 Å². The van der Waals surface area contributed by atoms with E-state index in [0.717, 1.165) is 17.9 Å². The Labute approximate surface area is 104 Å². The Morgan fingerprint density at radius 1 is 1.28 bits per heavy atom. The van der Waals surface area contributed by atoms with Gasteiger partial charge in [0.05, 0.1) is 12.1 Å². The van der Waals surface area contributed by atoms with Crippen LogP contribution in [0.2, 0.25) is 0 Å². The van der Waals surface area contributed by atoms with Crippen LogP contribution in [0.5, 0.6) is 0 Å². The van der Waals surface area contributed by atoms with Crippen molar-refractivity contribution in [3.63, 3.8) is 0 Å². The Hall–Kier alpha value is -2.17. The minimum atomic E-state index is -0.191. The molecule has 0 amide bonds. The highest BCUT2D eigenvalue weighted by molar-refractivity contribution is 5.80. The van der Waals surface area contributed by atoms with Crippen molar-refractivity contribution in [2.75, 3.05) is 0 Å². The van der Waals surface area contributed by atoms with E-state index in [2.05, 4.69) is 10.1 Å². The second-order valence-electron chi connectivity index (χ2n) is 4.11. The van der Waals surface area contributed by atoms with Crippen LogP contribution >= 0.6 is 0 Å². The van der Waals surface area contributed by atoms with Crippen LogP contribution in [0.4, 0.5) is 4.39 Å². The molecule has 0 fully saturated rings. The summed E-state index contributed by atoms with van der Waals surface area (Å²) in [6, 6.07) is 6.89. The number of nitrogens with zero attached hydrogens (tertiary/aromatic N) is 4. The molecule has 3 aromatic rings. The van der Waals surface area contributed by atoms with Crippen LogP contribution in [0.1, 0.15) is 12.7 Å². The molecule has 0 unspecified atom stereocenters. The first-order valence-corrected chi connectivity index (χ1v) is 5.89. The van der Waals surface area contributed by atoms with E-state index in [1.807, 2.05) is 28.4 Å². The largest absolute Gasteiger partial charge is 0.340 e. The molecule has 92 valence electrons. The van der Waals surface area contributed by atoms with Gasteiger partial charge in [0, 0.05) is 18.1 Å². The third-order valence-corrected chi connectivity index (χ3v) is 3.07. The smallest absolute Gasteiger partial charge is 0.146 e. The highest BCUT2D eigenvalue weighted by Crippen LogP contribution is 2.19. The molecule has 2 aromatic heterocycles. The topological polar surface area (TPSA) is 35.6 Å². The zero-order valence-corrected chi connectivity index (χ0v) is 10.0. The van der Waals surface area contributed by atoms with Gasteiger partial charge >= 0.3 is 0 Å². The fourth-order valence-corrected chi connectivity index (χ4v) is 2.15. The Bertz CT molecular complexity index is 683. The van der Waals surface area contributed by atoms with Gasteiger partial charge in [-0.15, -0.1) is 0 Å². The molecule has 0 aliphatic rings. The van der Waals surface area contributed by atoms with E-state index in [4.69, 9.17) is 0 Å².